The molecular weight excluding hydrogens is 540 g/mol. The Morgan fingerprint density at radius 1 is 1.39 bits per heavy atom. The predicted octanol–water partition coefficient (Wildman–Crippen LogP) is 1.68. The van der Waals surface area contributed by atoms with Crippen LogP contribution in [0, 0.1) is 5.92 Å². The summed E-state index contributed by atoms with van der Waals surface area (Å²) in [7, 11) is -4.70. The van der Waals surface area contributed by atoms with Crippen LogP contribution in [0.25, 0.3) is 11.3 Å². The van der Waals surface area contributed by atoms with Gasteiger partial charge in [0, 0.05) is 12.4 Å². The minimum Gasteiger partial charge on any atom is -0.440 e. The summed E-state index contributed by atoms with van der Waals surface area (Å²) >= 11 is 6.21. The zero-order valence-corrected chi connectivity index (χ0v) is 23.1. The molecule has 0 saturated carbocycles. The molecule has 210 valence electrons. The Bertz CT molecular complexity index is 1270. The van der Waals surface area contributed by atoms with E-state index in [1.807, 2.05) is 0 Å². The molecule has 0 spiro atoms. The van der Waals surface area contributed by atoms with Gasteiger partial charge in [0.15, 0.2) is 5.76 Å². The van der Waals surface area contributed by atoms with Crippen LogP contribution in [0.3, 0.4) is 0 Å². The van der Waals surface area contributed by atoms with Gasteiger partial charge in [-0.1, -0.05) is 44.0 Å². The molecule has 2 aromatic heterocycles. The molecule has 7 atom stereocenters. The smallest absolute Gasteiger partial charge is 0.385 e. The maximum atomic E-state index is 12.5. The highest BCUT2D eigenvalue weighted by molar-refractivity contribution is 7.85. The van der Waals surface area contributed by atoms with Crippen LogP contribution in [0.1, 0.15) is 45.9 Å². The van der Waals surface area contributed by atoms with E-state index in [4.69, 9.17) is 26.5 Å². The van der Waals surface area contributed by atoms with E-state index < -0.39 is 52.1 Å². The molecule has 38 heavy (non-hydrogen) atoms. The zero-order chi connectivity index (χ0) is 28.4. The van der Waals surface area contributed by atoms with Crippen LogP contribution < -0.4 is 10.5 Å². The summed E-state index contributed by atoms with van der Waals surface area (Å²) in [5.74, 6) is -1.84. The number of hydrogen-bond donors (Lipinski definition) is 4. The number of aromatic nitrogens is 2. The molecule has 3 rings (SSSR count). The molecule has 2 aromatic rings. The highest BCUT2D eigenvalue weighted by atomic mass is 35.5. The van der Waals surface area contributed by atoms with Gasteiger partial charge in [-0.2, -0.15) is 13.1 Å². The van der Waals surface area contributed by atoms with E-state index in [2.05, 4.69) is 25.5 Å². The van der Waals surface area contributed by atoms with Gasteiger partial charge in [-0.3, -0.25) is 4.98 Å². The third-order valence-electron chi connectivity index (χ3n) is 6.81. The number of pyridine rings is 1. The molecular formula is C24H33ClN4O8S. The van der Waals surface area contributed by atoms with Crippen LogP contribution >= 0.6 is 11.6 Å². The number of ether oxygens (including phenoxy) is 1. The normalized spacial score (nSPS) is 25.3. The lowest BCUT2D eigenvalue weighted by Gasteiger charge is -2.40. The molecule has 1 unspecified atom stereocenters. The summed E-state index contributed by atoms with van der Waals surface area (Å²) in [5, 5.41) is 22.0. The molecule has 12 nitrogen and oxygen atoms in total. The molecule has 14 heteroatoms. The fraction of sp³-hybridized carbons (Fsp3) is 0.542. The first-order chi connectivity index (χ1) is 17.7. The average Bonchev–Trinajstić information content (AvgIpc) is 3.32. The topological polar surface area (TPSA) is 187 Å². The third kappa shape index (κ3) is 6.42. The second-order valence-corrected chi connectivity index (χ2v) is 11.4. The monoisotopic (exact) mass is 572 g/mol. The van der Waals surface area contributed by atoms with Gasteiger partial charge in [0.05, 0.1) is 35.3 Å². The van der Waals surface area contributed by atoms with E-state index in [0.29, 0.717) is 28.3 Å². The number of rotatable bonds is 10. The van der Waals surface area contributed by atoms with Crippen molar-refractivity contribution in [2.75, 3.05) is 6.61 Å². The van der Waals surface area contributed by atoms with Gasteiger partial charge in [0.25, 0.3) is 0 Å². The lowest BCUT2D eigenvalue weighted by atomic mass is 9.86. The second-order valence-electron chi connectivity index (χ2n) is 9.66. The Balaban J connectivity index is 1.74. The fourth-order valence-corrected chi connectivity index (χ4v) is 5.22. The molecule has 0 aliphatic carbocycles. The average molecular weight is 573 g/mol. The van der Waals surface area contributed by atoms with Crippen LogP contribution in [-0.4, -0.2) is 71.1 Å². The van der Waals surface area contributed by atoms with E-state index in [-0.39, 0.29) is 18.4 Å². The highest BCUT2D eigenvalue weighted by Gasteiger charge is 2.46. The minimum absolute atomic E-state index is 0.143. The van der Waals surface area contributed by atoms with Crippen LogP contribution in [0.15, 0.2) is 41.2 Å². The Kier molecular flexibility index (Phi) is 9.35. The summed E-state index contributed by atoms with van der Waals surface area (Å²) in [6.45, 7) is 10.1. The van der Waals surface area contributed by atoms with E-state index >= 15 is 0 Å². The molecule has 1 fully saturated rings. The van der Waals surface area contributed by atoms with Crippen LogP contribution in [0.5, 0.6) is 0 Å². The molecule has 0 radical (unpaired) electrons. The second kappa shape index (κ2) is 11.8. The largest absolute Gasteiger partial charge is 0.440 e. The number of nitrogens with one attached hydrogen (secondary N) is 1. The first kappa shape index (κ1) is 30.2. The highest BCUT2D eigenvalue weighted by Crippen LogP contribution is 2.36. The molecule has 0 bridgehead atoms. The molecule has 1 aliphatic heterocycles. The Morgan fingerprint density at radius 2 is 2.08 bits per heavy atom. The van der Waals surface area contributed by atoms with Crippen molar-refractivity contribution in [2.24, 2.45) is 11.7 Å². The van der Waals surface area contributed by atoms with Gasteiger partial charge in [-0.15, -0.1) is 0 Å². The zero-order valence-electron chi connectivity index (χ0n) is 21.5. The number of halogens is 1. The summed E-state index contributed by atoms with van der Waals surface area (Å²) in [6.07, 6.45) is 0.687. The number of aliphatic hydroxyl groups excluding tert-OH is 2. The summed E-state index contributed by atoms with van der Waals surface area (Å²) in [5.41, 5.74) is 5.43. The first-order valence-electron chi connectivity index (χ1n) is 11.9. The van der Waals surface area contributed by atoms with Crippen LogP contribution in [0.4, 0.5) is 0 Å². The van der Waals surface area contributed by atoms with Gasteiger partial charge in [-0.25, -0.2) is 9.78 Å². The number of aliphatic hydroxyl groups is 2. The van der Waals surface area contributed by atoms with Gasteiger partial charge in [-0.05, 0) is 25.8 Å². The molecule has 5 N–H and O–H groups in total. The predicted molar refractivity (Wildman–Crippen MR) is 138 cm³/mol. The van der Waals surface area contributed by atoms with Crippen molar-refractivity contribution in [2.45, 2.75) is 69.9 Å². The van der Waals surface area contributed by atoms with Gasteiger partial charge >= 0.3 is 16.3 Å². The van der Waals surface area contributed by atoms with Crippen LogP contribution in [-0.2, 0) is 24.0 Å². The standard InChI is InChI=1S/C24H33ClN4O8S/c1-6-13(4)24(5,26)23(32)37-38(33,34)29-16-11-35-21(20(31)19(16)30)18(12(2)3)22-28-10-17(36-22)14-9-27-8-7-15(14)25/h7-10,13,16,18-21,29-31H,2,6,11,26H2,1,3-5H3/t13-,16+,18?,19+,20+,21-,24-/m0/s1. The third-order valence-corrected chi connectivity index (χ3v) is 8.10. The number of carbonyl (C=O) groups is 1. The summed E-state index contributed by atoms with van der Waals surface area (Å²) in [6, 6.07) is 0.267. The number of nitrogens with zero attached hydrogens (tertiary/aromatic N) is 2. The van der Waals surface area contributed by atoms with E-state index in [1.165, 1.54) is 25.5 Å². The first-order valence-corrected chi connectivity index (χ1v) is 13.7. The van der Waals surface area contributed by atoms with Gasteiger partial charge in [0.1, 0.15) is 23.9 Å². The molecule has 1 aliphatic rings. The summed E-state index contributed by atoms with van der Waals surface area (Å²) < 4.78 is 43.4. The van der Waals surface area contributed by atoms with Crippen molar-refractivity contribution >= 4 is 27.9 Å². The Morgan fingerprint density at radius 3 is 2.68 bits per heavy atom. The Labute approximate surface area is 226 Å². The fourth-order valence-electron chi connectivity index (χ4n) is 4.01. The lowest BCUT2D eigenvalue weighted by molar-refractivity contribution is -0.153. The Hall–Kier alpha value is -2.39. The van der Waals surface area contributed by atoms with Crippen LogP contribution in [0.2, 0.25) is 5.02 Å². The number of oxazole rings is 1. The van der Waals surface area contributed by atoms with Crippen molar-refractivity contribution < 1.29 is 36.8 Å². The van der Waals surface area contributed by atoms with Gasteiger partial charge < -0.3 is 29.3 Å². The maximum absolute atomic E-state index is 12.5. The molecule has 0 aromatic carbocycles. The minimum atomic E-state index is -4.70. The molecule has 1 saturated heterocycles. The van der Waals surface area contributed by atoms with Crippen molar-refractivity contribution in [3.8, 4) is 11.3 Å². The maximum Gasteiger partial charge on any atom is 0.385 e. The van der Waals surface area contributed by atoms with E-state index in [1.54, 1.807) is 26.8 Å². The number of hydrogen-bond acceptors (Lipinski definition) is 11. The van der Waals surface area contributed by atoms with E-state index in [9.17, 15) is 23.4 Å². The quantitative estimate of drug-likeness (QED) is 0.303. The number of nitrogens with two attached hydrogens (primary N) is 1. The molecule has 3 heterocycles. The SMILES string of the molecule is C=C(C)C(c1ncc(-c2cnccc2Cl)o1)[C@@H]1OC[C@@H](NS(=O)(=O)OC(=O)[C@@](C)(N)[C@@H](C)CC)[C@@H](O)[C@H]1O. The van der Waals surface area contributed by atoms with Crippen molar-refractivity contribution in [3.63, 3.8) is 0 Å². The molecule has 0 amide bonds. The van der Waals surface area contributed by atoms with Crippen molar-refractivity contribution in [1.29, 1.82) is 0 Å². The lowest BCUT2D eigenvalue weighted by Crippen LogP contribution is -2.61. The van der Waals surface area contributed by atoms with Crippen molar-refractivity contribution in [3.05, 3.63) is 47.7 Å². The number of carbonyl (C=O) groups excluding carboxylic acids is 1. The van der Waals surface area contributed by atoms with E-state index in [0.717, 1.165) is 0 Å². The van der Waals surface area contributed by atoms with Gasteiger partial charge in [0.2, 0.25) is 5.89 Å². The van der Waals surface area contributed by atoms with Crippen molar-refractivity contribution in [1.82, 2.24) is 14.7 Å². The summed E-state index contributed by atoms with van der Waals surface area (Å²) in [4.78, 5) is 20.7.